The number of carbonyl (C=O) groups excluding carboxylic acids is 1. The van der Waals surface area contributed by atoms with Crippen LogP contribution in [0, 0.1) is 17.7 Å². The van der Waals surface area contributed by atoms with Crippen LogP contribution in [0.1, 0.15) is 17.9 Å². The second-order valence-electron chi connectivity index (χ2n) is 5.45. The number of ether oxygens (including phenoxy) is 1. The van der Waals surface area contributed by atoms with E-state index in [9.17, 15) is 9.18 Å². The molecule has 26 heavy (non-hydrogen) atoms. The third kappa shape index (κ3) is 5.05. The molecule has 1 aromatic heterocycles. The van der Waals surface area contributed by atoms with Crippen molar-refractivity contribution in [2.24, 2.45) is 0 Å². The first kappa shape index (κ1) is 17.4. The van der Waals surface area contributed by atoms with Crippen molar-refractivity contribution in [2.45, 2.75) is 12.8 Å². The van der Waals surface area contributed by atoms with Crippen LogP contribution in [0.15, 0.2) is 65.2 Å². The number of esters is 1. The van der Waals surface area contributed by atoms with E-state index in [0.717, 1.165) is 11.1 Å². The zero-order valence-electron chi connectivity index (χ0n) is 13.9. The molecule has 2 aromatic carbocycles. The van der Waals surface area contributed by atoms with Gasteiger partial charge in [0.05, 0.1) is 12.6 Å². The van der Waals surface area contributed by atoms with Gasteiger partial charge in [0.2, 0.25) is 0 Å². The van der Waals surface area contributed by atoms with E-state index in [1.165, 1.54) is 12.1 Å². The zero-order valence-corrected chi connectivity index (χ0v) is 13.9. The Bertz CT molecular complexity index is 921. The van der Waals surface area contributed by atoms with Crippen LogP contribution in [-0.2, 0) is 16.0 Å². The highest BCUT2D eigenvalue weighted by Crippen LogP contribution is 2.21. The molecule has 3 aromatic rings. The normalized spacial score (nSPS) is 10.0. The summed E-state index contributed by atoms with van der Waals surface area (Å²) in [6, 6.07) is 15.4. The van der Waals surface area contributed by atoms with Gasteiger partial charge < -0.3 is 9.15 Å². The van der Waals surface area contributed by atoms with Crippen LogP contribution in [0.2, 0.25) is 0 Å². The minimum Gasteiger partial charge on any atom is -0.452 e. The van der Waals surface area contributed by atoms with Crippen LogP contribution in [0.3, 0.4) is 0 Å². The molecule has 4 nitrogen and oxygen atoms in total. The number of hydrogen-bond donors (Lipinski definition) is 0. The number of carbonyl (C=O) groups is 1. The van der Waals surface area contributed by atoms with Crippen LogP contribution in [0.5, 0.6) is 0 Å². The van der Waals surface area contributed by atoms with Crippen molar-refractivity contribution in [2.75, 3.05) is 6.61 Å². The largest absolute Gasteiger partial charge is 0.452 e. The summed E-state index contributed by atoms with van der Waals surface area (Å²) in [6.45, 7) is 0.0418. The van der Waals surface area contributed by atoms with Gasteiger partial charge in [-0.05, 0) is 36.4 Å². The maximum Gasteiger partial charge on any atom is 0.307 e. The Hall–Kier alpha value is -3.39. The molecule has 0 aliphatic rings. The Morgan fingerprint density at radius 2 is 1.88 bits per heavy atom. The summed E-state index contributed by atoms with van der Waals surface area (Å²) in [5.74, 6) is 5.99. The topological polar surface area (TPSA) is 52.3 Å². The summed E-state index contributed by atoms with van der Waals surface area (Å²) in [5, 5.41) is 0. The van der Waals surface area contributed by atoms with Gasteiger partial charge in [0.25, 0.3) is 0 Å². The third-order valence-electron chi connectivity index (χ3n) is 3.54. The fourth-order valence-electron chi connectivity index (χ4n) is 2.23. The molecule has 0 saturated heterocycles. The van der Waals surface area contributed by atoms with Crippen molar-refractivity contribution < 1.29 is 18.3 Å². The van der Waals surface area contributed by atoms with Gasteiger partial charge in [-0.25, -0.2) is 9.37 Å². The molecule has 0 aliphatic heterocycles. The Morgan fingerprint density at radius 1 is 1.12 bits per heavy atom. The summed E-state index contributed by atoms with van der Waals surface area (Å²) in [7, 11) is 0. The second-order valence-corrected chi connectivity index (χ2v) is 5.45. The highest BCUT2D eigenvalue weighted by molar-refractivity contribution is 5.69. The summed E-state index contributed by atoms with van der Waals surface area (Å²) in [4.78, 5) is 15.9. The molecule has 0 amide bonds. The molecule has 0 N–H and O–H groups in total. The SMILES string of the molecule is O=C(CCc1ncc(-c2ccc(F)cc2)o1)OCC#Cc1ccccc1. The van der Waals surface area contributed by atoms with Gasteiger partial charge in [-0.1, -0.05) is 30.0 Å². The summed E-state index contributed by atoms with van der Waals surface area (Å²) >= 11 is 0. The van der Waals surface area contributed by atoms with Gasteiger partial charge in [0.1, 0.15) is 5.82 Å². The summed E-state index contributed by atoms with van der Waals surface area (Å²) < 4.78 is 23.6. The highest BCUT2D eigenvalue weighted by Gasteiger charge is 2.09. The van der Waals surface area contributed by atoms with Gasteiger partial charge in [-0.3, -0.25) is 4.79 Å². The fraction of sp³-hybridized carbons (Fsp3) is 0.143. The smallest absolute Gasteiger partial charge is 0.307 e. The van der Waals surface area contributed by atoms with Crippen molar-refractivity contribution in [3.8, 4) is 23.2 Å². The van der Waals surface area contributed by atoms with Crippen molar-refractivity contribution in [3.05, 3.63) is 78.1 Å². The van der Waals surface area contributed by atoms with E-state index in [-0.39, 0.29) is 24.8 Å². The molecule has 0 bridgehead atoms. The van der Waals surface area contributed by atoms with Gasteiger partial charge in [0, 0.05) is 17.5 Å². The molecular weight excluding hydrogens is 333 g/mol. The van der Waals surface area contributed by atoms with Crippen LogP contribution < -0.4 is 0 Å². The van der Waals surface area contributed by atoms with Gasteiger partial charge in [-0.2, -0.15) is 0 Å². The molecule has 0 atom stereocenters. The maximum absolute atomic E-state index is 12.9. The van der Waals surface area contributed by atoms with E-state index in [1.54, 1.807) is 18.3 Å². The molecule has 1 heterocycles. The Labute approximate surface area is 150 Å². The third-order valence-corrected chi connectivity index (χ3v) is 3.54. The lowest BCUT2D eigenvalue weighted by Crippen LogP contribution is -2.06. The molecular formula is C21H16FNO3. The van der Waals surface area contributed by atoms with Gasteiger partial charge in [0.15, 0.2) is 18.3 Å². The molecule has 3 rings (SSSR count). The Balaban J connectivity index is 1.45. The fourth-order valence-corrected chi connectivity index (χ4v) is 2.23. The molecule has 0 fully saturated rings. The van der Waals surface area contributed by atoms with Gasteiger partial charge in [-0.15, -0.1) is 0 Å². The number of halogens is 1. The molecule has 0 spiro atoms. The highest BCUT2D eigenvalue weighted by atomic mass is 19.1. The Kier molecular flexibility index (Phi) is 5.79. The summed E-state index contributed by atoms with van der Waals surface area (Å²) in [5.41, 5.74) is 1.60. The minimum atomic E-state index is -0.367. The average Bonchev–Trinajstić information content (AvgIpc) is 3.14. The van der Waals surface area contributed by atoms with E-state index in [1.807, 2.05) is 30.3 Å². The van der Waals surface area contributed by atoms with E-state index in [2.05, 4.69) is 16.8 Å². The zero-order chi connectivity index (χ0) is 18.2. The predicted molar refractivity (Wildman–Crippen MR) is 94.5 cm³/mol. The standard InChI is InChI=1S/C21H16FNO3/c22-18-10-8-17(9-11-18)19-15-23-20(26-19)12-13-21(24)25-14-4-7-16-5-2-1-3-6-16/h1-3,5-6,8-11,15H,12-14H2. The molecule has 130 valence electrons. The van der Waals surface area contributed by atoms with E-state index >= 15 is 0 Å². The number of oxazole rings is 1. The van der Waals surface area contributed by atoms with Crippen LogP contribution in [0.25, 0.3) is 11.3 Å². The average molecular weight is 349 g/mol. The van der Waals surface area contributed by atoms with Crippen LogP contribution in [0.4, 0.5) is 4.39 Å². The van der Waals surface area contributed by atoms with Crippen LogP contribution >= 0.6 is 0 Å². The van der Waals surface area contributed by atoms with Crippen molar-refractivity contribution in [1.29, 1.82) is 0 Å². The first-order valence-electron chi connectivity index (χ1n) is 8.11. The van der Waals surface area contributed by atoms with E-state index in [4.69, 9.17) is 9.15 Å². The quantitative estimate of drug-likeness (QED) is 0.516. The molecule has 0 saturated carbocycles. The number of aryl methyl sites for hydroxylation is 1. The van der Waals surface area contributed by atoms with E-state index in [0.29, 0.717) is 18.1 Å². The van der Waals surface area contributed by atoms with Crippen molar-refractivity contribution in [1.82, 2.24) is 4.98 Å². The number of nitrogens with zero attached hydrogens (tertiary/aromatic N) is 1. The van der Waals surface area contributed by atoms with Crippen LogP contribution in [-0.4, -0.2) is 17.6 Å². The first-order chi connectivity index (χ1) is 12.7. The second kappa shape index (κ2) is 8.63. The first-order valence-corrected chi connectivity index (χ1v) is 8.11. The number of hydrogen-bond acceptors (Lipinski definition) is 4. The Morgan fingerprint density at radius 3 is 2.65 bits per heavy atom. The number of rotatable bonds is 5. The molecule has 0 aliphatic carbocycles. The van der Waals surface area contributed by atoms with E-state index < -0.39 is 0 Å². The lowest BCUT2D eigenvalue weighted by Gasteiger charge is -1.99. The lowest BCUT2D eigenvalue weighted by atomic mass is 10.2. The number of benzene rings is 2. The lowest BCUT2D eigenvalue weighted by molar-refractivity contribution is -0.142. The predicted octanol–water partition coefficient (Wildman–Crippen LogP) is 4.01. The maximum atomic E-state index is 12.9. The van der Waals surface area contributed by atoms with Gasteiger partial charge >= 0.3 is 5.97 Å². The molecule has 0 unspecified atom stereocenters. The minimum absolute atomic E-state index is 0.0418. The van der Waals surface area contributed by atoms with Crippen molar-refractivity contribution in [3.63, 3.8) is 0 Å². The molecule has 0 radical (unpaired) electrons. The molecule has 5 heteroatoms. The monoisotopic (exact) mass is 349 g/mol. The van der Waals surface area contributed by atoms with Crippen molar-refractivity contribution >= 4 is 5.97 Å². The summed E-state index contributed by atoms with van der Waals surface area (Å²) in [6.07, 6.45) is 2.03. The number of aromatic nitrogens is 1.